The van der Waals surface area contributed by atoms with Crippen LogP contribution >= 0.6 is 0 Å². The molecule has 5 heavy (non-hydrogen) atoms. The second-order valence-corrected chi connectivity index (χ2v) is 1.31. The second kappa shape index (κ2) is 5.44. The van der Waals surface area contributed by atoms with Crippen molar-refractivity contribution in [2.45, 2.75) is 0 Å². The molecule has 0 amide bonds. The molecule has 0 radical (unpaired) electrons. The Balaban J connectivity index is 0. The first-order valence-electron chi connectivity index (χ1n) is 0.583. The summed E-state index contributed by atoms with van der Waals surface area (Å²) in [4.78, 5) is 0. The van der Waals surface area contributed by atoms with Gasteiger partial charge in [-0.15, -0.1) is 0 Å². The Labute approximate surface area is 57.2 Å². The van der Waals surface area contributed by atoms with Gasteiger partial charge in [0.15, 0.2) is 0 Å². The maximum atomic E-state index is 8.78. The van der Waals surface area contributed by atoms with E-state index in [-0.39, 0.29) is 29.6 Å². The van der Waals surface area contributed by atoms with Crippen molar-refractivity contribution in [1.29, 1.82) is 0 Å². The molecule has 0 spiro atoms. The fourth-order valence-corrected chi connectivity index (χ4v) is 0. The Morgan fingerprint density at radius 2 is 1.40 bits per heavy atom. The first-order valence-corrected chi connectivity index (χ1v) is 3.03. The topological polar surface area (TPSA) is 63.5 Å². The summed E-state index contributed by atoms with van der Waals surface area (Å²) >= 11 is -3.44. The van der Waals surface area contributed by atoms with Crippen molar-refractivity contribution in [3.8, 4) is 0 Å². The third kappa shape index (κ3) is 31.1. The molecule has 0 aromatic carbocycles. The average Bonchev–Trinajstić information content (AvgIpc) is 0.811. The summed E-state index contributed by atoms with van der Waals surface area (Å²) in [5, 5.41) is 0. The van der Waals surface area contributed by atoms with Crippen molar-refractivity contribution in [2.75, 3.05) is 0 Å². The molecule has 0 fully saturated rings. The molecule has 0 rings (SSSR count). The first-order chi connectivity index (χ1) is 1.73. The number of hydrogen-bond donors (Lipinski definition) is 2. The van der Waals surface area contributed by atoms with Crippen LogP contribution in [0.1, 0.15) is 0 Å². The third-order valence-corrected chi connectivity index (χ3v) is 0. The van der Waals surface area contributed by atoms with Crippen LogP contribution in [0.5, 0.6) is 0 Å². The molecule has 0 aromatic rings. The minimum atomic E-state index is -3.44. The van der Waals surface area contributed by atoms with Crippen molar-refractivity contribution in [3.63, 3.8) is 0 Å². The van der Waals surface area contributed by atoms with Crippen LogP contribution in [-0.4, -0.2) is 23.9 Å². The van der Waals surface area contributed by atoms with Gasteiger partial charge in [-0.1, -0.05) is 0 Å². The molecule has 0 saturated carbocycles. The van der Waals surface area contributed by atoms with Crippen molar-refractivity contribution < 1.29 is 41.8 Å². The van der Waals surface area contributed by atoms with E-state index in [4.69, 9.17) is 12.3 Å². The average molecular weight is 148 g/mol. The van der Waals surface area contributed by atoms with Gasteiger partial charge in [-0.25, -0.2) is 0 Å². The quantitative estimate of drug-likeness (QED) is 0.336. The molecule has 0 atom stereocenters. The molecule has 0 aromatic heterocycles. The standard InChI is InChI=1S/AsH2O3.Na/c2-1(3)4;/h2-3H;/q-1;+1. The monoisotopic (exact) mass is 148 g/mol. The van der Waals surface area contributed by atoms with Crippen LogP contribution in [0.15, 0.2) is 0 Å². The number of hydrogen-bond acceptors (Lipinski definition) is 3. The second-order valence-electron chi connectivity index (χ2n) is 0.253. The number of rotatable bonds is 0. The van der Waals surface area contributed by atoms with E-state index in [1.54, 1.807) is 0 Å². The zero-order valence-electron chi connectivity index (χ0n) is 2.75. The molecule has 0 unspecified atom stereocenters. The van der Waals surface area contributed by atoms with Gasteiger partial charge >= 0.3 is 57.5 Å². The summed E-state index contributed by atoms with van der Waals surface area (Å²) < 4.78 is 23.2. The Bertz CT molecular complexity index is 11.6. The first kappa shape index (κ1) is 9.67. The van der Waals surface area contributed by atoms with E-state index >= 15 is 0 Å². The van der Waals surface area contributed by atoms with Gasteiger partial charge in [0.1, 0.15) is 0 Å². The minimum absolute atomic E-state index is 0. The molecular formula is H2AsNaO3. The molecule has 26 valence electrons. The Kier molecular flexibility index (Phi) is 10.5. The van der Waals surface area contributed by atoms with E-state index in [2.05, 4.69) is 0 Å². The Morgan fingerprint density at radius 1 is 1.40 bits per heavy atom. The van der Waals surface area contributed by atoms with Crippen molar-refractivity contribution >= 4 is 15.7 Å². The molecule has 0 heterocycles. The van der Waals surface area contributed by atoms with Crippen molar-refractivity contribution in [2.24, 2.45) is 0 Å². The zero-order chi connectivity index (χ0) is 3.58. The van der Waals surface area contributed by atoms with Crippen LogP contribution in [0.4, 0.5) is 0 Å². The SMILES string of the molecule is [Na+].[O-][As](O)O. The summed E-state index contributed by atoms with van der Waals surface area (Å²) in [5.74, 6) is 0. The molecule has 0 saturated heterocycles. The van der Waals surface area contributed by atoms with Gasteiger partial charge in [0.25, 0.3) is 0 Å². The van der Waals surface area contributed by atoms with E-state index in [0.29, 0.717) is 0 Å². The molecule has 0 aliphatic heterocycles. The molecular weight excluding hydrogens is 146 g/mol. The molecule has 0 bridgehead atoms. The zero-order valence-corrected chi connectivity index (χ0v) is 6.63. The van der Waals surface area contributed by atoms with Gasteiger partial charge in [0.05, 0.1) is 0 Å². The van der Waals surface area contributed by atoms with E-state index in [1.165, 1.54) is 0 Å². The molecule has 3 nitrogen and oxygen atoms in total. The molecule has 2 N–H and O–H groups in total. The van der Waals surface area contributed by atoms with Gasteiger partial charge < -0.3 is 0 Å². The van der Waals surface area contributed by atoms with Crippen LogP contribution in [0.3, 0.4) is 0 Å². The van der Waals surface area contributed by atoms with Crippen LogP contribution < -0.4 is 33.7 Å². The summed E-state index contributed by atoms with van der Waals surface area (Å²) in [5.41, 5.74) is 0. The summed E-state index contributed by atoms with van der Waals surface area (Å²) in [6, 6.07) is 0. The molecule has 5 heteroatoms. The normalized spacial score (nSPS) is 7.20. The van der Waals surface area contributed by atoms with Gasteiger partial charge in [-0.2, -0.15) is 0 Å². The predicted molar refractivity (Wildman–Crippen MR) is 10.2 cm³/mol. The fraction of sp³-hybridized carbons (Fsp3) is 0. The summed E-state index contributed by atoms with van der Waals surface area (Å²) in [6.07, 6.45) is 0. The maximum absolute atomic E-state index is 8.78. The van der Waals surface area contributed by atoms with E-state index in [0.717, 1.165) is 0 Å². The van der Waals surface area contributed by atoms with E-state index in [9.17, 15) is 0 Å². The summed E-state index contributed by atoms with van der Waals surface area (Å²) in [6.45, 7) is 0. The summed E-state index contributed by atoms with van der Waals surface area (Å²) in [7, 11) is 0. The van der Waals surface area contributed by atoms with E-state index < -0.39 is 15.7 Å². The van der Waals surface area contributed by atoms with Crippen LogP contribution in [0.2, 0.25) is 0 Å². The predicted octanol–water partition coefficient (Wildman–Crippen LogP) is -5.68. The van der Waals surface area contributed by atoms with Crippen LogP contribution in [-0.2, 0) is 0 Å². The Hall–Kier alpha value is 1.44. The third-order valence-electron chi connectivity index (χ3n) is 0. The Morgan fingerprint density at radius 3 is 1.40 bits per heavy atom. The van der Waals surface area contributed by atoms with Crippen LogP contribution in [0, 0.1) is 0 Å². The van der Waals surface area contributed by atoms with Gasteiger partial charge in [-0.3, -0.25) is 0 Å². The van der Waals surface area contributed by atoms with Crippen LogP contribution in [0.25, 0.3) is 0 Å². The van der Waals surface area contributed by atoms with Crippen molar-refractivity contribution in [3.05, 3.63) is 0 Å². The van der Waals surface area contributed by atoms with Gasteiger partial charge in [0, 0.05) is 0 Å². The molecule has 0 aliphatic rings. The fourth-order valence-electron chi connectivity index (χ4n) is 0. The van der Waals surface area contributed by atoms with Gasteiger partial charge in [-0.05, 0) is 0 Å². The van der Waals surface area contributed by atoms with E-state index in [1.807, 2.05) is 0 Å². The van der Waals surface area contributed by atoms with Crippen molar-refractivity contribution in [1.82, 2.24) is 0 Å². The van der Waals surface area contributed by atoms with Gasteiger partial charge in [0.2, 0.25) is 0 Å². The molecule has 0 aliphatic carbocycles.